The van der Waals surface area contributed by atoms with Crippen LogP contribution >= 0.6 is 0 Å². The summed E-state index contributed by atoms with van der Waals surface area (Å²) in [7, 11) is 1.54. The van der Waals surface area contributed by atoms with E-state index >= 15 is 0 Å². The first-order valence-corrected chi connectivity index (χ1v) is 8.55. The first kappa shape index (κ1) is 17.9. The molecule has 0 aromatic heterocycles. The summed E-state index contributed by atoms with van der Waals surface area (Å²) in [5.74, 6) is -0.227. The summed E-state index contributed by atoms with van der Waals surface area (Å²) in [5, 5.41) is 2.75. The zero-order valence-electron chi connectivity index (χ0n) is 14.8. The van der Waals surface area contributed by atoms with Crippen molar-refractivity contribution < 1.29 is 18.7 Å². The molecule has 2 aromatic rings. The van der Waals surface area contributed by atoms with Gasteiger partial charge >= 0.3 is 0 Å². The lowest BCUT2D eigenvalue weighted by Gasteiger charge is -2.28. The highest BCUT2D eigenvalue weighted by atomic mass is 19.1. The van der Waals surface area contributed by atoms with Gasteiger partial charge in [-0.25, -0.2) is 4.39 Å². The van der Waals surface area contributed by atoms with Crippen molar-refractivity contribution in [3.8, 4) is 5.75 Å². The number of amides is 2. The minimum Gasteiger partial charge on any atom is -0.495 e. The number of carbonyl (C=O) groups excluding carboxylic acids is 2. The van der Waals surface area contributed by atoms with Crippen molar-refractivity contribution in [1.29, 1.82) is 0 Å². The molecule has 2 amide bonds. The number of carbonyl (C=O) groups is 2. The van der Waals surface area contributed by atoms with Crippen LogP contribution in [0.15, 0.2) is 36.4 Å². The van der Waals surface area contributed by atoms with Crippen molar-refractivity contribution in [2.45, 2.75) is 26.2 Å². The summed E-state index contributed by atoms with van der Waals surface area (Å²) in [6, 6.07) is 9.47. The molecule has 1 aliphatic rings. The second-order valence-corrected chi connectivity index (χ2v) is 6.31. The zero-order valence-corrected chi connectivity index (χ0v) is 14.8. The van der Waals surface area contributed by atoms with Crippen molar-refractivity contribution in [2.24, 2.45) is 0 Å². The molecule has 1 saturated heterocycles. The molecule has 0 radical (unpaired) electrons. The van der Waals surface area contributed by atoms with Gasteiger partial charge in [-0.2, -0.15) is 0 Å². The average molecular weight is 356 g/mol. The van der Waals surface area contributed by atoms with E-state index < -0.39 is 11.7 Å². The van der Waals surface area contributed by atoms with Gasteiger partial charge in [0.2, 0.25) is 5.91 Å². The molecule has 136 valence electrons. The fourth-order valence-corrected chi connectivity index (χ4v) is 2.98. The average Bonchev–Trinajstić information content (AvgIpc) is 2.64. The Labute approximate surface area is 151 Å². The third-order valence-electron chi connectivity index (χ3n) is 4.48. The number of methoxy groups -OCH3 is 1. The predicted octanol–water partition coefficient (Wildman–Crippen LogP) is 3.91. The van der Waals surface area contributed by atoms with Gasteiger partial charge in [0.15, 0.2) is 0 Å². The number of hydrogen-bond donors (Lipinski definition) is 1. The lowest BCUT2D eigenvalue weighted by Crippen LogP contribution is -2.35. The quantitative estimate of drug-likeness (QED) is 0.903. The largest absolute Gasteiger partial charge is 0.495 e. The van der Waals surface area contributed by atoms with Gasteiger partial charge in [0.25, 0.3) is 5.91 Å². The summed E-state index contributed by atoms with van der Waals surface area (Å²) in [6.07, 6.45) is 2.31. The molecule has 1 heterocycles. The maximum atomic E-state index is 13.7. The Balaban J connectivity index is 1.86. The second kappa shape index (κ2) is 7.56. The van der Waals surface area contributed by atoms with E-state index in [0.29, 0.717) is 35.7 Å². The number of ether oxygens (including phenoxy) is 1. The van der Waals surface area contributed by atoms with Gasteiger partial charge in [0.1, 0.15) is 11.6 Å². The van der Waals surface area contributed by atoms with Crippen molar-refractivity contribution in [2.75, 3.05) is 23.9 Å². The Hall–Kier alpha value is -2.89. The van der Waals surface area contributed by atoms with Crippen molar-refractivity contribution in [3.63, 3.8) is 0 Å². The number of benzene rings is 2. The maximum absolute atomic E-state index is 13.7. The van der Waals surface area contributed by atoms with Crippen LogP contribution < -0.4 is 15.0 Å². The van der Waals surface area contributed by atoms with Crippen LogP contribution in [0.1, 0.15) is 35.2 Å². The van der Waals surface area contributed by atoms with E-state index in [0.717, 1.165) is 12.8 Å². The Kier molecular flexibility index (Phi) is 5.21. The van der Waals surface area contributed by atoms with E-state index in [-0.39, 0.29) is 11.5 Å². The van der Waals surface area contributed by atoms with Crippen molar-refractivity contribution in [1.82, 2.24) is 0 Å². The number of halogens is 1. The van der Waals surface area contributed by atoms with Gasteiger partial charge in [0.05, 0.1) is 12.8 Å². The third kappa shape index (κ3) is 3.69. The molecule has 0 unspecified atom stereocenters. The summed E-state index contributed by atoms with van der Waals surface area (Å²) in [4.78, 5) is 26.3. The summed E-state index contributed by atoms with van der Waals surface area (Å²) < 4.78 is 19.1. The van der Waals surface area contributed by atoms with Gasteiger partial charge in [-0.05, 0) is 55.7 Å². The van der Waals surface area contributed by atoms with Crippen LogP contribution in [0.3, 0.4) is 0 Å². The molecule has 5 nitrogen and oxygen atoms in total. The summed E-state index contributed by atoms with van der Waals surface area (Å²) in [5.41, 5.74) is 1.87. The molecular formula is C20H21FN2O3. The molecule has 0 spiro atoms. The number of piperidine rings is 1. The SMILES string of the molecule is COc1ccc(NC(=O)c2ccc(C)c(F)c2)cc1N1CCCCC1=O. The number of nitrogens with one attached hydrogen (secondary N) is 1. The molecule has 0 bridgehead atoms. The molecule has 3 rings (SSSR count). The van der Waals surface area contributed by atoms with E-state index in [4.69, 9.17) is 4.74 Å². The van der Waals surface area contributed by atoms with E-state index in [2.05, 4.69) is 5.32 Å². The summed E-state index contributed by atoms with van der Waals surface area (Å²) in [6.45, 7) is 2.26. The molecule has 1 fully saturated rings. The Morgan fingerprint density at radius 1 is 1.19 bits per heavy atom. The standard InChI is InChI=1S/C20H21FN2O3/c1-13-6-7-14(11-16(13)21)20(25)22-15-8-9-18(26-2)17(12-15)23-10-4-3-5-19(23)24/h6-9,11-12H,3-5,10H2,1-2H3,(H,22,25). The smallest absolute Gasteiger partial charge is 0.255 e. The molecule has 1 aliphatic heterocycles. The van der Waals surface area contributed by atoms with Crippen LogP contribution in [0.5, 0.6) is 5.75 Å². The third-order valence-corrected chi connectivity index (χ3v) is 4.48. The fraction of sp³-hybridized carbons (Fsp3) is 0.300. The number of hydrogen-bond acceptors (Lipinski definition) is 3. The van der Waals surface area contributed by atoms with E-state index in [1.54, 1.807) is 49.3 Å². The number of rotatable bonds is 4. The number of aryl methyl sites for hydroxylation is 1. The Morgan fingerprint density at radius 3 is 2.69 bits per heavy atom. The molecule has 26 heavy (non-hydrogen) atoms. The minimum atomic E-state index is -0.424. The first-order valence-electron chi connectivity index (χ1n) is 8.55. The maximum Gasteiger partial charge on any atom is 0.255 e. The molecule has 1 N–H and O–H groups in total. The van der Waals surface area contributed by atoms with Crippen molar-refractivity contribution in [3.05, 3.63) is 53.3 Å². The van der Waals surface area contributed by atoms with E-state index in [9.17, 15) is 14.0 Å². The van der Waals surface area contributed by atoms with Crippen LogP contribution in [0, 0.1) is 12.7 Å². The Bertz CT molecular complexity index is 851. The molecule has 2 aromatic carbocycles. The minimum absolute atomic E-state index is 0.0404. The van der Waals surface area contributed by atoms with Crippen molar-refractivity contribution >= 4 is 23.2 Å². The monoisotopic (exact) mass is 356 g/mol. The highest BCUT2D eigenvalue weighted by Gasteiger charge is 2.23. The van der Waals surface area contributed by atoms with Gasteiger partial charge in [-0.3, -0.25) is 9.59 Å². The first-order chi connectivity index (χ1) is 12.5. The molecule has 0 saturated carbocycles. The molecular weight excluding hydrogens is 335 g/mol. The van der Waals surface area contributed by atoms with Gasteiger partial charge in [0, 0.05) is 24.2 Å². The number of nitrogens with zero attached hydrogens (tertiary/aromatic N) is 1. The topological polar surface area (TPSA) is 58.6 Å². The number of anilines is 2. The zero-order chi connectivity index (χ0) is 18.7. The fourth-order valence-electron chi connectivity index (χ4n) is 2.98. The lowest BCUT2D eigenvalue weighted by atomic mass is 10.1. The predicted molar refractivity (Wildman–Crippen MR) is 98.3 cm³/mol. The van der Waals surface area contributed by atoms with Gasteiger partial charge in [-0.15, -0.1) is 0 Å². The lowest BCUT2D eigenvalue weighted by molar-refractivity contribution is -0.119. The van der Waals surface area contributed by atoms with Crippen LogP contribution in [0.25, 0.3) is 0 Å². The highest BCUT2D eigenvalue weighted by Crippen LogP contribution is 2.33. The van der Waals surface area contributed by atoms with Crippen LogP contribution in [0.4, 0.5) is 15.8 Å². The highest BCUT2D eigenvalue weighted by molar-refractivity contribution is 6.05. The van der Waals surface area contributed by atoms with Gasteiger partial charge in [-0.1, -0.05) is 6.07 Å². The van der Waals surface area contributed by atoms with Gasteiger partial charge < -0.3 is 15.0 Å². The van der Waals surface area contributed by atoms with E-state index in [1.807, 2.05) is 0 Å². The van der Waals surface area contributed by atoms with Crippen LogP contribution in [0.2, 0.25) is 0 Å². The van der Waals surface area contributed by atoms with Crippen LogP contribution in [-0.2, 0) is 4.79 Å². The molecule has 6 heteroatoms. The molecule has 0 atom stereocenters. The van der Waals surface area contributed by atoms with E-state index in [1.165, 1.54) is 6.07 Å². The Morgan fingerprint density at radius 2 is 2.00 bits per heavy atom. The summed E-state index contributed by atoms with van der Waals surface area (Å²) >= 11 is 0. The molecule has 0 aliphatic carbocycles. The normalized spacial score (nSPS) is 14.3. The van der Waals surface area contributed by atoms with Crippen LogP contribution in [-0.4, -0.2) is 25.5 Å². The second-order valence-electron chi connectivity index (χ2n) is 6.31.